The third kappa shape index (κ3) is 3.15. The number of urea groups is 1. The number of amides is 2. The van der Waals surface area contributed by atoms with Crippen LogP contribution in [0.1, 0.15) is 11.8 Å². The van der Waals surface area contributed by atoms with Crippen molar-refractivity contribution in [3.63, 3.8) is 0 Å². The molecule has 7 heteroatoms. The molecular weight excluding hydrogens is 304 g/mol. The van der Waals surface area contributed by atoms with Crippen molar-refractivity contribution in [2.45, 2.75) is 12.5 Å². The van der Waals surface area contributed by atoms with Crippen molar-refractivity contribution in [2.24, 2.45) is 0 Å². The van der Waals surface area contributed by atoms with Crippen LogP contribution in [0.2, 0.25) is 0 Å². The number of hydrogen-bond donors (Lipinski definition) is 3. The fourth-order valence-electron chi connectivity index (χ4n) is 2.07. The Morgan fingerprint density at radius 1 is 1.36 bits per heavy atom. The van der Waals surface area contributed by atoms with E-state index >= 15 is 0 Å². The zero-order valence-corrected chi connectivity index (χ0v) is 12.8. The van der Waals surface area contributed by atoms with Crippen molar-refractivity contribution < 1.29 is 19.4 Å². The van der Waals surface area contributed by atoms with Gasteiger partial charge in [-0.15, -0.1) is 11.3 Å². The fourth-order valence-corrected chi connectivity index (χ4v) is 2.86. The van der Waals surface area contributed by atoms with E-state index in [1.165, 1.54) is 11.3 Å². The Morgan fingerprint density at radius 2 is 2.18 bits per heavy atom. The van der Waals surface area contributed by atoms with Crippen LogP contribution in [0.3, 0.4) is 0 Å². The second kappa shape index (κ2) is 5.86. The van der Waals surface area contributed by atoms with Crippen LogP contribution < -0.4 is 20.1 Å². The molecule has 1 unspecified atom stereocenters. The summed E-state index contributed by atoms with van der Waals surface area (Å²) in [5.74, 6) is 1.26. The summed E-state index contributed by atoms with van der Waals surface area (Å²) >= 11 is 1.45. The number of thiophene rings is 1. The minimum absolute atomic E-state index is 0.115. The average molecular weight is 320 g/mol. The molecule has 0 saturated heterocycles. The average Bonchev–Trinajstić information content (AvgIpc) is 3.16. The lowest BCUT2D eigenvalue weighted by atomic mass is 10.1. The lowest BCUT2D eigenvalue weighted by molar-refractivity contribution is 0.0637. The Kier molecular flexibility index (Phi) is 3.91. The first kappa shape index (κ1) is 14.7. The monoisotopic (exact) mass is 320 g/mol. The minimum atomic E-state index is -1.10. The second-order valence-corrected chi connectivity index (χ2v) is 6.07. The first-order chi connectivity index (χ1) is 10.5. The van der Waals surface area contributed by atoms with Crippen LogP contribution in [0.25, 0.3) is 0 Å². The number of rotatable bonds is 4. The Labute approximate surface area is 131 Å². The summed E-state index contributed by atoms with van der Waals surface area (Å²) in [6.07, 6.45) is 0. The number of hydrogen-bond acceptors (Lipinski definition) is 5. The number of aliphatic hydroxyl groups is 1. The maximum absolute atomic E-state index is 11.9. The van der Waals surface area contributed by atoms with E-state index in [9.17, 15) is 9.90 Å². The van der Waals surface area contributed by atoms with Gasteiger partial charge in [0.2, 0.25) is 6.79 Å². The molecule has 0 saturated carbocycles. The van der Waals surface area contributed by atoms with Crippen molar-refractivity contribution in [3.05, 3.63) is 40.6 Å². The topological polar surface area (TPSA) is 79.8 Å². The summed E-state index contributed by atoms with van der Waals surface area (Å²) in [5.41, 5.74) is -0.502. The van der Waals surface area contributed by atoms with E-state index in [2.05, 4.69) is 10.6 Å². The number of fused-ring (bicyclic) bond motifs is 1. The van der Waals surface area contributed by atoms with Crippen molar-refractivity contribution in [3.8, 4) is 11.5 Å². The Hall–Kier alpha value is -2.25. The standard InChI is InChI=1S/C15H16N2O4S/c1-15(19,13-3-2-6-22-13)8-16-14(18)17-10-4-5-11-12(7-10)21-9-20-11/h2-7,19H,8-9H2,1H3,(H2,16,17,18). The van der Waals surface area contributed by atoms with Crippen molar-refractivity contribution in [1.82, 2.24) is 5.32 Å². The molecule has 3 rings (SSSR count). The number of anilines is 1. The van der Waals surface area contributed by atoms with E-state index in [1.807, 2.05) is 17.5 Å². The van der Waals surface area contributed by atoms with E-state index in [0.29, 0.717) is 17.2 Å². The molecule has 6 nitrogen and oxygen atoms in total. The number of carbonyl (C=O) groups is 1. The Balaban J connectivity index is 1.57. The lowest BCUT2D eigenvalue weighted by Crippen LogP contribution is -2.40. The maximum Gasteiger partial charge on any atom is 0.319 e. The minimum Gasteiger partial charge on any atom is -0.454 e. The number of nitrogens with one attached hydrogen (secondary N) is 2. The first-order valence-electron chi connectivity index (χ1n) is 6.75. The van der Waals surface area contributed by atoms with Crippen molar-refractivity contribution in [1.29, 1.82) is 0 Å². The zero-order chi connectivity index (χ0) is 15.6. The van der Waals surface area contributed by atoms with Gasteiger partial charge in [-0.2, -0.15) is 0 Å². The SMILES string of the molecule is CC(O)(CNC(=O)Nc1ccc2c(c1)OCO2)c1cccs1. The Bertz CT molecular complexity index is 670. The molecule has 1 aromatic heterocycles. The molecule has 0 fully saturated rings. The summed E-state index contributed by atoms with van der Waals surface area (Å²) in [6.45, 7) is 1.97. The van der Waals surface area contributed by atoms with Gasteiger partial charge in [0.05, 0.1) is 6.54 Å². The zero-order valence-electron chi connectivity index (χ0n) is 12.0. The van der Waals surface area contributed by atoms with Gasteiger partial charge in [0.1, 0.15) is 5.60 Å². The van der Waals surface area contributed by atoms with Gasteiger partial charge in [-0.1, -0.05) is 6.07 Å². The quantitative estimate of drug-likeness (QED) is 0.808. The largest absolute Gasteiger partial charge is 0.454 e. The molecule has 1 atom stereocenters. The molecule has 0 aliphatic carbocycles. The highest BCUT2D eigenvalue weighted by molar-refractivity contribution is 7.10. The maximum atomic E-state index is 11.9. The molecular formula is C15H16N2O4S. The number of carbonyl (C=O) groups excluding carboxylic acids is 1. The van der Waals surface area contributed by atoms with E-state index in [0.717, 1.165) is 4.88 Å². The van der Waals surface area contributed by atoms with Crippen LogP contribution >= 0.6 is 11.3 Å². The van der Waals surface area contributed by atoms with Gasteiger partial charge in [0.15, 0.2) is 11.5 Å². The second-order valence-electron chi connectivity index (χ2n) is 5.13. The molecule has 0 radical (unpaired) electrons. The van der Waals surface area contributed by atoms with Gasteiger partial charge in [0.25, 0.3) is 0 Å². The predicted octanol–water partition coefficient (Wildman–Crippen LogP) is 2.51. The van der Waals surface area contributed by atoms with Gasteiger partial charge in [-0.3, -0.25) is 0 Å². The number of ether oxygens (including phenoxy) is 2. The van der Waals surface area contributed by atoms with Crippen LogP contribution in [-0.2, 0) is 5.60 Å². The van der Waals surface area contributed by atoms with Crippen LogP contribution in [0.4, 0.5) is 10.5 Å². The Morgan fingerprint density at radius 3 is 2.95 bits per heavy atom. The highest BCUT2D eigenvalue weighted by atomic mass is 32.1. The van der Waals surface area contributed by atoms with Gasteiger partial charge in [-0.25, -0.2) is 4.79 Å². The molecule has 2 aromatic rings. The van der Waals surface area contributed by atoms with Gasteiger partial charge in [-0.05, 0) is 30.5 Å². The molecule has 1 aliphatic heterocycles. The molecule has 22 heavy (non-hydrogen) atoms. The summed E-state index contributed by atoms with van der Waals surface area (Å²) in [4.78, 5) is 12.7. The fraction of sp³-hybridized carbons (Fsp3) is 0.267. The van der Waals surface area contributed by atoms with Gasteiger partial charge >= 0.3 is 6.03 Å². The molecule has 0 bridgehead atoms. The third-order valence-corrected chi connectivity index (χ3v) is 4.40. The van der Waals surface area contributed by atoms with Gasteiger partial charge < -0.3 is 25.2 Å². The molecule has 2 amide bonds. The van der Waals surface area contributed by atoms with Crippen LogP contribution in [-0.4, -0.2) is 24.5 Å². The van der Waals surface area contributed by atoms with E-state index in [1.54, 1.807) is 25.1 Å². The predicted molar refractivity (Wildman–Crippen MR) is 83.5 cm³/mol. The van der Waals surface area contributed by atoms with Gasteiger partial charge in [0, 0.05) is 16.6 Å². The summed E-state index contributed by atoms with van der Waals surface area (Å²) in [7, 11) is 0. The highest BCUT2D eigenvalue weighted by Crippen LogP contribution is 2.34. The van der Waals surface area contributed by atoms with Crippen LogP contribution in [0, 0.1) is 0 Å². The first-order valence-corrected chi connectivity index (χ1v) is 7.63. The number of benzene rings is 1. The highest BCUT2D eigenvalue weighted by Gasteiger charge is 2.25. The molecule has 0 spiro atoms. The molecule has 2 heterocycles. The van der Waals surface area contributed by atoms with Crippen molar-refractivity contribution >= 4 is 23.1 Å². The molecule has 116 valence electrons. The van der Waals surface area contributed by atoms with E-state index in [4.69, 9.17) is 9.47 Å². The lowest BCUT2D eigenvalue weighted by Gasteiger charge is -2.22. The van der Waals surface area contributed by atoms with Crippen molar-refractivity contribution in [2.75, 3.05) is 18.7 Å². The normalized spacial score (nSPS) is 15.2. The third-order valence-electron chi connectivity index (χ3n) is 3.28. The van der Waals surface area contributed by atoms with Crippen LogP contribution in [0.5, 0.6) is 11.5 Å². The summed E-state index contributed by atoms with van der Waals surface area (Å²) in [6, 6.07) is 8.46. The molecule has 1 aliphatic rings. The summed E-state index contributed by atoms with van der Waals surface area (Å²) < 4.78 is 10.5. The summed E-state index contributed by atoms with van der Waals surface area (Å²) in [5, 5.41) is 17.6. The smallest absolute Gasteiger partial charge is 0.319 e. The molecule has 1 aromatic carbocycles. The van der Waals surface area contributed by atoms with E-state index < -0.39 is 11.6 Å². The van der Waals surface area contributed by atoms with Crippen LogP contribution in [0.15, 0.2) is 35.7 Å². The van der Waals surface area contributed by atoms with E-state index in [-0.39, 0.29) is 13.3 Å². The molecule has 3 N–H and O–H groups in total.